The molecule has 0 aliphatic carbocycles. The number of carbonyl (C=O) groups is 2. The predicted octanol–water partition coefficient (Wildman–Crippen LogP) is -0.0698. The van der Waals surface area contributed by atoms with Gasteiger partial charge in [-0.3, -0.25) is 0 Å². The molecule has 2 N–H and O–H groups in total. The lowest BCUT2D eigenvalue weighted by Gasteiger charge is -2.16. The van der Waals surface area contributed by atoms with E-state index in [1.54, 1.807) is 6.92 Å². The summed E-state index contributed by atoms with van der Waals surface area (Å²) in [4.78, 5) is 21.8. The standard InChI is InChI=1S/C10H14O5/c1-4-7(11)9(13)6(3)10(14)15-8(12)5-2/h5,7,9,11,13H,2-4H2,1H3. The molecular weight excluding hydrogens is 200 g/mol. The van der Waals surface area contributed by atoms with Gasteiger partial charge in [0.05, 0.1) is 11.7 Å². The molecule has 0 saturated carbocycles. The summed E-state index contributed by atoms with van der Waals surface area (Å²) in [5.41, 5.74) is -0.362. The van der Waals surface area contributed by atoms with Gasteiger partial charge < -0.3 is 14.9 Å². The Kier molecular flexibility index (Phi) is 5.51. The third-order valence-electron chi connectivity index (χ3n) is 1.76. The van der Waals surface area contributed by atoms with Gasteiger partial charge in [0, 0.05) is 6.08 Å². The summed E-state index contributed by atoms with van der Waals surface area (Å²) in [5.74, 6) is -2.00. The van der Waals surface area contributed by atoms with Crippen LogP contribution in [0.4, 0.5) is 0 Å². The average molecular weight is 214 g/mol. The monoisotopic (exact) mass is 214 g/mol. The van der Waals surface area contributed by atoms with Crippen molar-refractivity contribution in [1.29, 1.82) is 0 Å². The lowest BCUT2D eigenvalue weighted by atomic mass is 10.0. The van der Waals surface area contributed by atoms with Crippen LogP contribution in [0.5, 0.6) is 0 Å². The Morgan fingerprint density at radius 2 is 2.00 bits per heavy atom. The molecule has 0 aliphatic rings. The van der Waals surface area contributed by atoms with E-state index in [1.807, 2.05) is 0 Å². The molecule has 2 unspecified atom stereocenters. The van der Waals surface area contributed by atoms with Gasteiger partial charge in [-0.05, 0) is 6.42 Å². The molecule has 0 amide bonds. The van der Waals surface area contributed by atoms with Crippen molar-refractivity contribution in [3.8, 4) is 0 Å². The first kappa shape index (κ1) is 13.5. The highest BCUT2D eigenvalue weighted by atomic mass is 16.6. The van der Waals surface area contributed by atoms with Gasteiger partial charge in [0.15, 0.2) is 0 Å². The maximum absolute atomic E-state index is 11.1. The first-order valence-corrected chi connectivity index (χ1v) is 4.37. The number of hydrogen-bond donors (Lipinski definition) is 2. The highest BCUT2D eigenvalue weighted by molar-refractivity contribution is 5.99. The molecule has 0 aromatic heterocycles. The molecule has 0 aliphatic heterocycles. The fraction of sp³-hybridized carbons (Fsp3) is 0.400. The Balaban J connectivity index is 4.38. The van der Waals surface area contributed by atoms with Gasteiger partial charge >= 0.3 is 11.9 Å². The van der Waals surface area contributed by atoms with Crippen LogP contribution < -0.4 is 0 Å². The van der Waals surface area contributed by atoms with E-state index >= 15 is 0 Å². The van der Waals surface area contributed by atoms with Crippen LogP contribution in [0.3, 0.4) is 0 Å². The first-order valence-electron chi connectivity index (χ1n) is 4.37. The van der Waals surface area contributed by atoms with Gasteiger partial charge in [-0.2, -0.15) is 0 Å². The molecule has 84 valence electrons. The molecule has 0 saturated heterocycles. The SMILES string of the molecule is C=CC(=O)OC(=O)C(=C)C(O)C(O)CC. The van der Waals surface area contributed by atoms with Crippen LogP contribution in [0.15, 0.2) is 24.8 Å². The summed E-state index contributed by atoms with van der Waals surface area (Å²) in [7, 11) is 0. The molecule has 0 aromatic rings. The molecule has 0 radical (unpaired) electrons. The minimum absolute atomic E-state index is 0.253. The number of carbonyl (C=O) groups excluding carboxylic acids is 2. The molecule has 0 aromatic carbocycles. The topological polar surface area (TPSA) is 83.8 Å². The first-order chi connectivity index (χ1) is 6.93. The van der Waals surface area contributed by atoms with Gasteiger partial charge in [0.1, 0.15) is 6.10 Å². The normalized spacial score (nSPS) is 13.8. The maximum atomic E-state index is 11.1. The molecule has 5 heteroatoms. The molecule has 0 spiro atoms. The third kappa shape index (κ3) is 4.05. The Morgan fingerprint density at radius 3 is 2.40 bits per heavy atom. The van der Waals surface area contributed by atoms with Gasteiger partial charge in [0.25, 0.3) is 0 Å². The zero-order chi connectivity index (χ0) is 12.0. The van der Waals surface area contributed by atoms with E-state index in [-0.39, 0.29) is 12.0 Å². The second kappa shape index (κ2) is 6.10. The van der Waals surface area contributed by atoms with E-state index in [2.05, 4.69) is 17.9 Å². The third-order valence-corrected chi connectivity index (χ3v) is 1.76. The van der Waals surface area contributed by atoms with Crippen molar-refractivity contribution in [3.63, 3.8) is 0 Å². The highest BCUT2D eigenvalue weighted by Crippen LogP contribution is 2.09. The van der Waals surface area contributed by atoms with Crippen molar-refractivity contribution in [3.05, 3.63) is 24.8 Å². The van der Waals surface area contributed by atoms with Crippen LogP contribution in [0.1, 0.15) is 13.3 Å². The van der Waals surface area contributed by atoms with Crippen LogP contribution >= 0.6 is 0 Å². The quantitative estimate of drug-likeness (QED) is 0.380. The largest absolute Gasteiger partial charge is 0.390 e. The number of aliphatic hydroxyl groups excluding tert-OH is 2. The highest BCUT2D eigenvalue weighted by Gasteiger charge is 2.24. The van der Waals surface area contributed by atoms with Crippen molar-refractivity contribution in [1.82, 2.24) is 0 Å². The van der Waals surface area contributed by atoms with Crippen LogP contribution in [0.25, 0.3) is 0 Å². The van der Waals surface area contributed by atoms with E-state index in [9.17, 15) is 19.8 Å². The van der Waals surface area contributed by atoms with Crippen LogP contribution in [-0.2, 0) is 14.3 Å². The zero-order valence-electron chi connectivity index (χ0n) is 8.47. The number of ether oxygens (including phenoxy) is 1. The van der Waals surface area contributed by atoms with Crippen molar-refractivity contribution < 1.29 is 24.5 Å². The predicted molar refractivity (Wildman–Crippen MR) is 52.7 cm³/mol. The summed E-state index contributed by atoms with van der Waals surface area (Å²) >= 11 is 0. The summed E-state index contributed by atoms with van der Waals surface area (Å²) in [6.45, 7) is 7.97. The molecule has 0 bridgehead atoms. The molecule has 0 heterocycles. The average Bonchev–Trinajstić information content (AvgIpc) is 2.25. The minimum Gasteiger partial charge on any atom is -0.390 e. The Morgan fingerprint density at radius 1 is 1.47 bits per heavy atom. The van der Waals surface area contributed by atoms with Crippen molar-refractivity contribution >= 4 is 11.9 Å². The summed E-state index contributed by atoms with van der Waals surface area (Å²) in [6, 6.07) is 0. The Hall–Kier alpha value is -1.46. The molecular formula is C10H14O5. The molecule has 15 heavy (non-hydrogen) atoms. The summed E-state index contributed by atoms with van der Waals surface area (Å²) in [5, 5.41) is 18.6. The van der Waals surface area contributed by atoms with Crippen molar-refractivity contribution in [2.24, 2.45) is 0 Å². The van der Waals surface area contributed by atoms with Crippen LogP contribution in [0, 0.1) is 0 Å². The second-order valence-corrected chi connectivity index (χ2v) is 2.86. The van der Waals surface area contributed by atoms with E-state index in [0.717, 1.165) is 6.08 Å². The van der Waals surface area contributed by atoms with Crippen LogP contribution in [-0.4, -0.2) is 34.4 Å². The van der Waals surface area contributed by atoms with Crippen molar-refractivity contribution in [2.45, 2.75) is 25.6 Å². The second-order valence-electron chi connectivity index (χ2n) is 2.86. The lowest BCUT2D eigenvalue weighted by molar-refractivity contribution is -0.154. The minimum atomic E-state index is -1.43. The van der Waals surface area contributed by atoms with E-state index < -0.39 is 24.1 Å². The smallest absolute Gasteiger partial charge is 0.344 e. The van der Waals surface area contributed by atoms with E-state index in [0.29, 0.717) is 0 Å². The van der Waals surface area contributed by atoms with Gasteiger partial charge in [-0.1, -0.05) is 20.1 Å². The van der Waals surface area contributed by atoms with E-state index in [1.165, 1.54) is 0 Å². The Labute approximate surface area is 87.7 Å². The number of aliphatic hydroxyl groups is 2. The zero-order valence-corrected chi connectivity index (χ0v) is 8.47. The number of esters is 2. The maximum Gasteiger partial charge on any atom is 0.344 e. The number of hydrogen-bond acceptors (Lipinski definition) is 5. The summed E-state index contributed by atoms with van der Waals surface area (Å²) in [6.07, 6.45) is -1.47. The summed E-state index contributed by atoms with van der Waals surface area (Å²) < 4.78 is 4.21. The van der Waals surface area contributed by atoms with Crippen molar-refractivity contribution in [2.75, 3.05) is 0 Å². The molecule has 2 atom stereocenters. The molecule has 0 fully saturated rings. The van der Waals surface area contributed by atoms with Gasteiger partial charge in [-0.25, -0.2) is 9.59 Å². The van der Waals surface area contributed by atoms with E-state index in [4.69, 9.17) is 0 Å². The van der Waals surface area contributed by atoms with Crippen LogP contribution in [0.2, 0.25) is 0 Å². The van der Waals surface area contributed by atoms with Gasteiger partial charge in [-0.15, -0.1) is 0 Å². The lowest BCUT2D eigenvalue weighted by Crippen LogP contribution is -2.31. The van der Waals surface area contributed by atoms with Gasteiger partial charge in [0.2, 0.25) is 0 Å². The number of rotatable bonds is 5. The molecule has 0 rings (SSSR count). The fourth-order valence-electron chi connectivity index (χ4n) is 0.775. The fourth-order valence-corrected chi connectivity index (χ4v) is 0.775. The Bertz CT molecular complexity index is 282. The molecule has 5 nitrogen and oxygen atoms in total.